The second-order valence-electron chi connectivity index (χ2n) is 1.85. The van der Waals surface area contributed by atoms with Gasteiger partial charge in [-0.25, -0.2) is 4.79 Å². The number of hydrogen-bond acceptors (Lipinski definition) is 2. The van der Waals surface area contributed by atoms with Crippen LogP contribution in [-0.4, -0.2) is 10.9 Å². The smallest absolute Gasteiger partial charge is 0.272 e. The molecule has 0 radical (unpaired) electrons. The van der Waals surface area contributed by atoms with Crippen molar-refractivity contribution in [1.82, 2.24) is 4.90 Å². The largest absolute Gasteiger partial charge is 0.389 e. The van der Waals surface area contributed by atoms with E-state index >= 15 is 0 Å². The minimum Gasteiger partial charge on any atom is -0.272 e. The van der Waals surface area contributed by atoms with Gasteiger partial charge in [0.25, 0.3) is 0 Å². The van der Waals surface area contributed by atoms with E-state index in [1.165, 1.54) is 12.4 Å². The summed E-state index contributed by atoms with van der Waals surface area (Å²) in [6.07, 6.45) is 9.70. The molecule has 11 heavy (non-hydrogen) atoms. The Balaban J connectivity index is 2.74. The number of rotatable bonds is 0. The molecule has 0 aromatic carbocycles. The normalized spacial score (nSPS) is 14.7. The summed E-state index contributed by atoms with van der Waals surface area (Å²) in [6.45, 7) is 0. The lowest BCUT2D eigenvalue weighted by Gasteiger charge is -2.04. The molecule has 0 saturated heterocycles. The van der Waals surface area contributed by atoms with Crippen LogP contribution >= 0.6 is 0 Å². The molecule has 1 aliphatic heterocycles. The number of urea groups is 1. The lowest BCUT2D eigenvalue weighted by atomic mass is 10.5. The molecule has 0 bridgehead atoms. The Hall–Kier alpha value is -1.71. The number of hydrogen-bond donors (Lipinski definition) is 0. The van der Waals surface area contributed by atoms with Gasteiger partial charge in [-0.05, 0) is 12.2 Å². The van der Waals surface area contributed by atoms with Crippen molar-refractivity contribution in [2.75, 3.05) is 0 Å². The first-order valence-electron chi connectivity index (χ1n) is 3.02. The third-order valence-corrected chi connectivity index (χ3v) is 1.13. The van der Waals surface area contributed by atoms with Gasteiger partial charge in [0.15, 0.2) is 0 Å². The molecule has 0 aromatic rings. The molecule has 0 atom stereocenters. The Morgan fingerprint density at radius 1 is 1.09 bits per heavy atom. The summed E-state index contributed by atoms with van der Waals surface area (Å²) in [5.41, 5.74) is 0. The van der Waals surface area contributed by atoms with Crippen molar-refractivity contribution in [2.24, 2.45) is 5.18 Å². The highest BCUT2D eigenvalue weighted by atomic mass is 16.3. The summed E-state index contributed by atoms with van der Waals surface area (Å²) in [7, 11) is 0. The van der Waals surface area contributed by atoms with Crippen LogP contribution in [0.5, 0.6) is 0 Å². The van der Waals surface area contributed by atoms with Gasteiger partial charge in [-0.3, -0.25) is 4.90 Å². The summed E-state index contributed by atoms with van der Waals surface area (Å²) in [6, 6.07) is -0.818. The van der Waals surface area contributed by atoms with Crippen LogP contribution in [0.25, 0.3) is 0 Å². The van der Waals surface area contributed by atoms with Crippen molar-refractivity contribution in [2.45, 2.75) is 0 Å². The van der Waals surface area contributed by atoms with E-state index in [0.717, 1.165) is 4.90 Å². The van der Waals surface area contributed by atoms with E-state index in [-0.39, 0.29) is 0 Å². The van der Waals surface area contributed by atoms with E-state index in [4.69, 9.17) is 0 Å². The van der Waals surface area contributed by atoms with Crippen LogP contribution in [0.3, 0.4) is 0 Å². The minimum absolute atomic E-state index is 0.818. The summed E-state index contributed by atoms with van der Waals surface area (Å²) in [5.74, 6) is 0. The molecule has 1 aliphatic rings. The number of amides is 2. The van der Waals surface area contributed by atoms with Crippen molar-refractivity contribution in [3.8, 4) is 0 Å². The Kier molecular flexibility index (Phi) is 2.32. The zero-order valence-corrected chi connectivity index (χ0v) is 5.68. The van der Waals surface area contributed by atoms with Crippen molar-refractivity contribution in [3.05, 3.63) is 41.6 Å². The molecule has 0 aromatic heterocycles. The minimum atomic E-state index is -0.818. The molecule has 0 spiro atoms. The molecule has 4 heteroatoms. The summed E-state index contributed by atoms with van der Waals surface area (Å²) >= 11 is 0. The van der Waals surface area contributed by atoms with Gasteiger partial charge < -0.3 is 0 Å². The van der Waals surface area contributed by atoms with E-state index in [1.807, 2.05) is 0 Å². The maximum Gasteiger partial charge on any atom is 0.389 e. The fourth-order valence-corrected chi connectivity index (χ4v) is 0.637. The monoisotopic (exact) mass is 150 g/mol. The maximum absolute atomic E-state index is 10.6. The van der Waals surface area contributed by atoms with Crippen LogP contribution in [0.4, 0.5) is 4.79 Å². The number of allylic oxidation sites excluding steroid dienone is 4. The first-order chi connectivity index (χ1) is 5.34. The van der Waals surface area contributed by atoms with Crippen molar-refractivity contribution in [3.63, 3.8) is 0 Å². The van der Waals surface area contributed by atoms with Crippen molar-refractivity contribution < 1.29 is 4.79 Å². The highest BCUT2D eigenvalue weighted by Crippen LogP contribution is 2.00. The molecule has 0 unspecified atom stereocenters. The molecule has 4 nitrogen and oxygen atoms in total. The SMILES string of the molecule is O=NC(=O)N1C=CC=CC=C1. The molecule has 1 rings (SSSR count). The van der Waals surface area contributed by atoms with Crippen LogP contribution in [-0.2, 0) is 0 Å². The van der Waals surface area contributed by atoms with Crippen LogP contribution in [0.1, 0.15) is 0 Å². The van der Waals surface area contributed by atoms with Crippen molar-refractivity contribution >= 4 is 6.03 Å². The average Bonchev–Trinajstić information content (AvgIpc) is 2.30. The van der Waals surface area contributed by atoms with Crippen LogP contribution in [0.2, 0.25) is 0 Å². The standard InChI is InChI=1S/C7H6N2O2/c10-7(8-11)9-5-3-1-2-4-6-9/h1-6H. The molecular weight excluding hydrogens is 144 g/mol. The van der Waals surface area contributed by atoms with Gasteiger partial charge in [0.2, 0.25) is 0 Å². The third kappa shape index (κ3) is 1.86. The molecule has 2 amide bonds. The van der Waals surface area contributed by atoms with Gasteiger partial charge >= 0.3 is 6.03 Å². The predicted molar refractivity (Wildman–Crippen MR) is 40.5 cm³/mol. The average molecular weight is 150 g/mol. The fourth-order valence-electron chi connectivity index (χ4n) is 0.637. The Morgan fingerprint density at radius 2 is 1.64 bits per heavy atom. The molecule has 56 valence electrons. The molecule has 0 fully saturated rings. The van der Waals surface area contributed by atoms with Gasteiger partial charge in [-0.1, -0.05) is 12.2 Å². The molecule has 0 N–H and O–H groups in total. The second-order valence-corrected chi connectivity index (χ2v) is 1.85. The topological polar surface area (TPSA) is 49.7 Å². The summed E-state index contributed by atoms with van der Waals surface area (Å²) in [5, 5.41) is 2.26. The van der Waals surface area contributed by atoms with Crippen molar-refractivity contribution in [1.29, 1.82) is 0 Å². The number of nitrogens with zero attached hydrogens (tertiary/aromatic N) is 2. The highest BCUT2D eigenvalue weighted by molar-refractivity contribution is 5.77. The zero-order chi connectivity index (χ0) is 8.10. The summed E-state index contributed by atoms with van der Waals surface area (Å²) in [4.78, 5) is 21.5. The lowest BCUT2D eigenvalue weighted by molar-refractivity contribution is 0.235. The second kappa shape index (κ2) is 3.46. The maximum atomic E-state index is 10.6. The lowest BCUT2D eigenvalue weighted by Crippen LogP contribution is -2.14. The van der Waals surface area contributed by atoms with Gasteiger partial charge in [0.1, 0.15) is 0 Å². The number of nitroso groups, excluding NO2 is 1. The van der Waals surface area contributed by atoms with E-state index in [9.17, 15) is 9.70 Å². The Morgan fingerprint density at radius 3 is 2.09 bits per heavy atom. The van der Waals surface area contributed by atoms with E-state index < -0.39 is 6.03 Å². The zero-order valence-electron chi connectivity index (χ0n) is 5.68. The number of carbonyl (C=O) groups is 1. The number of carbonyl (C=O) groups excluding carboxylic acids is 1. The van der Waals surface area contributed by atoms with E-state index in [0.29, 0.717) is 0 Å². The molecule has 0 aliphatic carbocycles. The first-order valence-corrected chi connectivity index (χ1v) is 3.02. The third-order valence-electron chi connectivity index (χ3n) is 1.13. The molecule has 1 heterocycles. The van der Waals surface area contributed by atoms with E-state index in [1.54, 1.807) is 24.3 Å². The van der Waals surface area contributed by atoms with Gasteiger partial charge in [0.05, 0.1) is 0 Å². The predicted octanol–water partition coefficient (Wildman–Crippen LogP) is 1.77. The summed E-state index contributed by atoms with van der Waals surface area (Å²) < 4.78 is 0. The fraction of sp³-hybridized carbons (Fsp3) is 0. The Labute approximate surface area is 63.5 Å². The highest BCUT2D eigenvalue weighted by Gasteiger charge is 2.06. The first kappa shape index (κ1) is 7.40. The van der Waals surface area contributed by atoms with Gasteiger partial charge in [-0.2, -0.15) is 0 Å². The van der Waals surface area contributed by atoms with Crippen LogP contribution in [0.15, 0.2) is 41.9 Å². The van der Waals surface area contributed by atoms with E-state index in [2.05, 4.69) is 5.18 Å². The van der Waals surface area contributed by atoms with Crippen LogP contribution < -0.4 is 0 Å². The van der Waals surface area contributed by atoms with Gasteiger partial charge in [-0.15, -0.1) is 4.91 Å². The molecular formula is C7H6N2O2. The van der Waals surface area contributed by atoms with Crippen LogP contribution in [0, 0.1) is 4.91 Å². The molecule has 0 saturated carbocycles. The van der Waals surface area contributed by atoms with Gasteiger partial charge in [0, 0.05) is 17.6 Å². The Bertz CT molecular complexity index is 237. The quantitative estimate of drug-likeness (QED) is 0.494.